The number of para-hydroxylation sites is 1. The lowest BCUT2D eigenvalue weighted by atomic mass is 10.3. The maximum absolute atomic E-state index is 13.1. The molecule has 2 rings (SSSR count). The van der Waals surface area contributed by atoms with Crippen molar-refractivity contribution >= 4 is 33.4 Å². The van der Waals surface area contributed by atoms with Gasteiger partial charge in [-0.2, -0.15) is 18.2 Å². The molecular weight excluding hydrogens is 387 g/mol. The van der Waals surface area contributed by atoms with Gasteiger partial charge in [0.2, 0.25) is 5.95 Å². The maximum Gasteiger partial charge on any atom is 0.433 e. The van der Waals surface area contributed by atoms with Crippen molar-refractivity contribution in [3.63, 3.8) is 0 Å². The fraction of sp³-hybridized carbons (Fsp3) is 0.333. The second-order valence-electron chi connectivity index (χ2n) is 5.29. The van der Waals surface area contributed by atoms with Crippen LogP contribution in [-0.4, -0.2) is 42.1 Å². The fourth-order valence-corrected chi connectivity index (χ4v) is 2.21. The summed E-state index contributed by atoms with van der Waals surface area (Å²) in [5.74, 6) is -0.00203. The molecule has 0 bridgehead atoms. The van der Waals surface area contributed by atoms with Crippen molar-refractivity contribution < 1.29 is 13.2 Å². The molecule has 1 aromatic heterocycles. The van der Waals surface area contributed by atoms with Crippen LogP contribution in [0.5, 0.6) is 0 Å². The van der Waals surface area contributed by atoms with E-state index < -0.39 is 11.9 Å². The summed E-state index contributed by atoms with van der Waals surface area (Å²) in [7, 11) is 3.74. The predicted molar refractivity (Wildman–Crippen MR) is 91.5 cm³/mol. The highest BCUT2D eigenvalue weighted by molar-refractivity contribution is 9.10. The molecule has 0 fully saturated rings. The second kappa shape index (κ2) is 7.80. The van der Waals surface area contributed by atoms with Gasteiger partial charge in [-0.05, 0) is 42.2 Å². The molecule has 0 saturated heterocycles. The number of hydrogen-bond acceptors (Lipinski definition) is 5. The highest BCUT2D eigenvalue weighted by Crippen LogP contribution is 2.31. The standard InChI is InChI=1S/C15H17BrF3N5/c1-24(2)8-7-20-14-22-12(15(17,18)19)9-13(23-14)21-11-6-4-3-5-10(11)16/h3-6,9H,7-8H2,1-2H3,(H2,20,21,22,23). The van der Waals surface area contributed by atoms with E-state index in [-0.39, 0.29) is 11.8 Å². The van der Waals surface area contributed by atoms with E-state index in [2.05, 4.69) is 36.5 Å². The molecule has 0 aliphatic heterocycles. The van der Waals surface area contributed by atoms with Crippen LogP contribution in [0.3, 0.4) is 0 Å². The summed E-state index contributed by atoms with van der Waals surface area (Å²) >= 11 is 3.34. The summed E-state index contributed by atoms with van der Waals surface area (Å²) in [5.41, 5.74) is -0.386. The van der Waals surface area contributed by atoms with Crippen molar-refractivity contribution in [1.29, 1.82) is 0 Å². The Hall–Kier alpha value is -1.87. The van der Waals surface area contributed by atoms with E-state index in [1.807, 2.05) is 25.1 Å². The van der Waals surface area contributed by atoms with Gasteiger partial charge in [0.15, 0.2) is 5.69 Å². The number of aromatic nitrogens is 2. The van der Waals surface area contributed by atoms with Crippen LogP contribution in [0.15, 0.2) is 34.8 Å². The summed E-state index contributed by atoms with van der Waals surface area (Å²) in [5, 5.41) is 5.69. The molecular formula is C15H17BrF3N5. The molecule has 9 heteroatoms. The minimum atomic E-state index is -4.55. The van der Waals surface area contributed by atoms with Gasteiger partial charge < -0.3 is 15.5 Å². The Bertz CT molecular complexity index is 691. The number of nitrogens with one attached hydrogen (secondary N) is 2. The quantitative estimate of drug-likeness (QED) is 0.763. The molecule has 2 N–H and O–H groups in total. The fourth-order valence-electron chi connectivity index (χ4n) is 1.83. The number of likely N-dealkylation sites (N-methyl/N-ethyl adjacent to an activating group) is 1. The Morgan fingerprint density at radius 3 is 2.50 bits per heavy atom. The van der Waals surface area contributed by atoms with Gasteiger partial charge >= 0.3 is 6.18 Å². The van der Waals surface area contributed by atoms with Gasteiger partial charge in [-0.25, -0.2) is 4.98 Å². The lowest BCUT2D eigenvalue weighted by Gasteiger charge is -2.14. The largest absolute Gasteiger partial charge is 0.433 e. The summed E-state index contributed by atoms with van der Waals surface area (Å²) in [4.78, 5) is 9.56. The topological polar surface area (TPSA) is 53.1 Å². The normalized spacial score (nSPS) is 11.6. The molecule has 0 atom stereocenters. The molecule has 0 radical (unpaired) electrons. The van der Waals surface area contributed by atoms with Crippen molar-refractivity contribution in [2.45, 2.75) is 6.18 Å². The molecule has 0 spiro atoms. The van der Waals surface area contributed by atoms with Crippen LogP contribution in [0, 0.1) is 0 Å². The molecule has 0 aliphatic rings. The first-order valence-electron chi connectivity index (χ1n) is 7.12. The highest BCUT2D eigenvalue weighted by Gasteiger charge is 2.33. The summed E-state index contributed by atoms with van der Waals surface area (Å²) in [6, 6.07) is 7.99. The van der Waals surface area contributed by atoms with Gasteiger partial charge in [0.05, 0.1) is 5.69 Å². The third-order valence-corrected chi connectivity index (χ3v) is 3.69. The Balaban J connectivity index is 2.27. The summed E-state index contributed by atoms with van der Waals surface area (Å²) < 4.78 is 39.9. The van der Waals surface area contributed by atoms with Crippen molar-refractivity contribution in [2.75, 3.05) is 37.8 Å². The van der Waals surface area contributed by atoms with Crippen molar-refractivity contribution in [1.82, 2.24) is 14.9 Å². The maximum atomic E-state index is 13.1. The molecule has 0 saturated carbocycles. The lowest BCUT2D eigenvalue weighted by molar-refractivity contribution is -0.141. The monoisotopic (exact) mass is 403 g/mol. The van der Waals surface area contributed by atoms with E-state index in [9.17, 15) is 13.2 Å². The Morgan fingerprint density at radius 2 is 1.88 bits per heavy atom. The predicted octanol–water partition coefficient (Wildman–Crippen LogP) is 3.98. The molecule has 1 aromatic carbocycles. The van der Waals surface area contributed by atoms with Crippen LogP contribution in [0.2, 0.25) is 0 Å². The van der Waals surface area contributed by atoms with E-state index >= 15 is 0 Å². The minimum Gasteiger partial charge on any atom is -0.353 e. The molecule has 5 nitrogen and oxygen atoms in total. The van der Waals surface area contributed by atoms with Crippen molar-refractivity contribution in [2.24, 2.45) is 0 Å². The third-order valence-electron chi connectivity index (χ3n) is 3.00. The van der Waals surface area contributed by atoms with Gasteiger partial charge in [-0.1, -0.05) is 12.1 Å². The van der Waals surface area contributed by atoms with E-state index in [4.69, 9.17) is 0 Å². The van der Waals surface area contributed by atoms with Crippen molar-refractivity contribution in [3.05, 3.63) is 40.5 Å². The molecule has 130 valence electrons. The average molecular weight is 404 g/mol. The molecule has 0 aliphatic carbocycles. The number of rotatable bonds is 6. The SMILES string of the molecule is CN(C)CCNc1nc(Nc2ccccc2Br)cc(C(F)(F)F)n1. The van der Waals surface area contributed by atoms with Crippen LogP contribution in [0.25, 0.3) is 0 Å². The first-order valence-corrected chi connectivity index (χ1v) is 7.91. The van der Waals surface area contributed by atoms with Gasteiger partial charge in [0, 0.05) is 23.6 Å². The van der Waals surface area contributed by atoms with E-state index in [1.54, 1.807) is 18.2 Å². The van der Waals surface area contributed by atoms with Crippen LogP contribution in [-0.2, 0) is 6.18 Å². The zero-order chi connectivity index (χ0) is 17.7. The van der Waals surface area contributed by atoms with E-state index in [1.165, 1.54) is 0 Å². The zero-order valence-electron chi connectivity index (χ0n) is 13.2. The second-order valence-corrected chi connectivity index (χ2v) is 6.15. The molecule has 24 heavy (non-hydrogen) atoms. The number of halogens is 4. The Morgan fingerprint density at radius 1 is 1.17 bits per heavy atom. The Labute approximate surface area is 146 Å². The number of benzene rings is 1. The lowest BCUT2D eigenvalue weighted by Crippen LogP contribution is -2.22. The number of alkyl halides is 3. The first kappa shape index (κ1) is 18.5. The van der Waals surface area contributed by atoms with E-state index in [0.717, 1.165) is 10.5 Å². The average Bonchev–Trinajstić information content (AvgIpc) is 2.48. The van der Waals surface area contributed by atoms with Crippen LogP contribution in [0.4, 0.5) is 30.6 Å². The van der Waals surface area contributed by atoms with Crippen LogP contribution in [0.1, 0.15) is 5.69 Å². The smallest absolute Gasteiger partial charge is 0.353 e. The zero-order valence-corrected chi connectivity index (χ0v) is 14.7. The van der Waals surface area contributed by atoms with Crippen molar-refractivity contribution in [3.8, 4) is 0 Å². The first-order chi connectivity index (χ1) is 11.3. The van der Waals surface area contributed by atoms with Gasteiger partial charge in [0.1, 0.15) is 5.82 Å². The number of hydrogen-bond donors (Lipinski definition) is 2. The summed E-state index contributed by atoms with van der Waals surface area (Å²) in [6.07, 6.45) is -4.55. The Kier molecular flexibility index (Phi) is 6.00. The highest BCUT2D eigenvalue weighted by atomic mass is 79.9. The summed E-state index contributed by atoms with van der Waals surface area (Å²) in [6.45, 7) is 1.08. The third kappa shape index (κ3) is 5.34. The number of anilines is 3. The molecule has 2 aromatic rings. The number of nitrogens with zero attached hydrogens (tertiary/aromatic N) is 3. The van der Waals surface area contributed by atoms with Gasteiger partial charge in [-0.15, -0.1) is 0 Å². The minimum absolute atomic E-state index is 0.0663. The van der Waals surface area contributed by atoms with Gasteiger partial charge in [0.25, 0.3) is 0 Å². The molecule has 1 heterocycles. The molecule has 0 amide bonds. The van der Waals surface area contributed by atoms with Crippen LogP contribution >= 0.6 is 15.9 Å². The van der Waals surface area contributed by atoms with Gasteiger partial charge in [-0.3, -0.25) is 0 Å². The van der Waals surface area contributed by atoms with E-state index in [0.29, 0.717) is 18.8 Å². The molecule has 0 unspecified atom stereocenters. The van der Waals surface area contributed by atoms with Crippen LogP contribution < -0.4 is 10.6 Å².